The quantitative estimate of drug-likeness (QED) is 0.522. The molecular formula is C20H26N2O3. The maximum absolute atomic E-state index is 12.6. The highest BCUT2D eigenvalue weighted by Crippen LogP contribution is 2.28. The standard InChI is InChI=1S/C20H26N2O3/c1-3-4-15-6-10-17(11-7-15)25-13-19-18(21-24)12-9-16-8-5-14(2)20(23)22(16)19/h5,8,15,17,19,24H,6-7,9-13H2,1-2H3/b21-18+. The molecule has 2 heterocycles. The Morgan fingerprint density at radius 2 is 2.04 bits per heavy atom. The molecule has 0 radical (unpaired) electrons. The number of ether oxygens (including phenoxy) is 1. The van der Waals surface area contributed by atoms with Crippen LogP contribution in [0.25, 0.3) is 0 Å². The molecule has 3 rings (SSSR count). The number of aromatic nitrogens is 1. The highest BCUT2D eigenvalue weighted by molar-refractivity contribution is 5.89. The fourth-order valence-corrected chi connectivity index (χ4v) is 3.90. The topological polar surface area (TPSA) is 63.8 Å². The Bertz CT molecular complexity index is 761. The number of fused-ring (bicyclic) bond motifs is 1. The van der Waals surface area contributed by atoms with Crippen LogP contribution >= 0.6 is 0 Å². The molecule has 1 fully saturated rings. The first-order valence-corrected chi connectivity index (χ1v) is 9.09. The molecule has 1 aromatic rings. The van der Waals surface area contributed by atoms with Crippen molar-refractivity contribution in [2.24, 2.45) is 11.1 Å². The van der Waals surface area contributed by atoms with Crippen molar-refractivity contribution in [3.05, 3.63) is 33.7 Å². The molecule has 5 nitrogen and oxygen atoms in total. The summed E-state index contributed by atoms with van der Waals surface area (Å²) in [7, 11) is 0. The van der Waals surface area contributed by atoms with Crippen LogP contribution in [-0.4, -0.2) is 28.2 Å². The first-order chi connectivity index (χ1) is 12.1. The van der Waals surface area contributed by atoms with Gasteiger partial charge in [-0.1, -0.05) is 11.2 Å². The summed E-state index contributed by atoms with van der Waals surface area (Å²) in [6.07, 6.45) is 5.68. The molecule has 0 amide bonds. The average molecular weight is 342 g/mol. The normalized spacial score (nSPS) is 27.4. The van der Waals surface area contributed by atoms with Crippen molar-refractivity contribution in [1.82, 2.24) is 4.57 Å². The van der Waals surface area contributed by atoms with E-state index in [1.165, 1.54) is 0 Å². The van der Waals surface area contributed by atoms with E-state index in [1.807, 2.05) is 26.0 Å². The van der Waals surface area contributed by atoms with Crippen LogP contribution in [0.5, 0.6) is 0 Å². The van der Waals surface area contributed by atoms with E-state index >= 15 is 0 Å². The summed E-state index contributed by atoms with van der Waals surface area (Å²) in [6, 6.07) is 3.55. The van der Waals surface area contributed by atoms with Gasteiger partial charge < -0.3 is 14.5 Å². The summed E-state index contributed by atoms with van der Waals surface area (Å²) in [5.74, 6) is 6.74. The molecule has 1 aromatic heterocycles. The van der Waals surface area contributed by atoms with E-state index < -0.39 is 0 Å². The number of hydrogen-bond donors (Lipinski definition) is 1. The minimum Gasteiger partial charge on any atom is -0.411 e. The SMILES string of the molecule is CC#CC1CCC(OCC2/C(=N/O)CCc3ccc(C)c(=O)n32)CC1. The van der Waals surface area contributed by atoms with Gasteiger partial charge in [0.2, 0.25) is 0 Å². The Morgan fingerprint density at radius 3 is 2.72 bits per heavy atom. The summed E-state index contributed by atoms with van der Waals surface area (Å²) < 4.78 is 7.88. The second kappa shape index (κ2) is 7.88. The van der Waals surface area contributed by atoms with Crippen molar-refractivity contribution in [3.8, 4) is 11.8 Å². The van der Waals surface area contributed by atoms with Crippen LogP contribution in [0.1, 0.15) is 56.3 Å². The Kier molecular flexibility index (Phi) is 5.60. The summed E-state index contributed by atoms with van der Waals surface area (Å²) in [6.45, 7) is 4.08. The second-order valence-electron chi connectivity index (χ2n) is 6.99. The van der Waals surface area contributed by atoms with Gasteiger partial charge in [-0.05, 0) is 58.4 Å². The maximum Gasteiger partial charge on any atom is 0.254 e. The lowest BCUT2D eigenvalue weighted by atomic mass is 9.88. The van der Waals surface area contributed by atoms with E-state index in [2.05, 4.69) is 17.0 Å². The largest absolute Gasteiger partial charge is 0.411 e. The van der Waals surface area contributed by atoms with Gasteiger partial charge in [-0.25, -0.2) is 0 Å². The van der Waals surface area contributed by atoms with Crippen LogP contribution in [-0.2, 0) is 11.2 Å². The molecule has 1 saturated carbocycles. The van der Waals surface area contributed by atoms with Gasteiger partial charge in [0.05, 0.1) is 18.4 Å². The van der Waals surface area contributed by atoms with E-state index in [0.29, 0.717) is 36.6 Å². The Labute approximate surface area is 148 Å². The minimum absolute atomic E-state index is 0.0196. The van der Waals surface area contributed by atoms with Crippen molar-refractivity contribution in [1.29, 1.82) is 0 Å². The monoisotopic (exact) mass is 342 g/mol. The van der Waals surface area contributed by atoms with Crippen molar-refractivity contribution >= 4 is 5.71 Å². The molecule has 0 aromatic carbocycles. The predicted molar refractivity (Wildman–Crippen MR) is 97.2 cm³/mol. The highest BCUT2D eigenvalue weighted by Gasteiger charge is 2.29. The third-order valence-corrected chi connectivity index (χ3v) is 5.37. The molecule has 5 heteroatoms. The smallest absolute Gasteiger partial charge is 0.254 e. The van der Waals surface area contributed by atoms with Gasteiger partial charge in [0.1, 0.15) is 6.04 Å². The van der Waals surface area contributed by atoms with Gasteiger partial charge in [0, 0.05) is 17.2 Å². The summed E-state index contributed by atoms with van der Waals surface area (Å²) in [5, 5.41) is 12.8. The molecule has 0 spiro atoms. The van der Waals surface area contributed by atoms with Gasteiger partial charge in [-0.2, -0.15) is 0 Å². The molecule has 0 saturated heterocycles. The van der Waals surface area contributed by atoms with Gasteiger partial charge in [0.25, 0.3) is 5.56 Å². The van der Waals surface area contributed by atoms with Crippen molar-refractivity contribution in [3.63, 3.8) is 0 Å². The summed E-state index contributed by atoms with van der Waals surface area (Å²) in [4.78, 5) is 12.6. The van der Waals surface area contributed by atoms with Crippen LogP contribution in [0.3, 0.4) is 0 Å². The van der Waals surface area contributed by atoms with Crippen molar-refractivity contribution in [2.75, 3.05) is 6.61 Å². The van der Waals surface area contributed by atoms with Crippen LogP contribution in [0.2, 0.25) is 0 Å². The molecule has 2 aliphatic rings. The Hall–Kier alpha value is -2.06. The highest BCUT2D eigenvalue weighted by atomic mass is 16.5. The Morgan fingerprint density at radius 1 is 1.28 bits per heavy atom. The van der Waals surface area contributed by atoms with Crippen molar-refractivity contribution < 1.29 is 9.94 Å². The van der Waals surface area contributed by atoms with Gasteiger partial charge in [0.15, 0.2) is 0 Å². The summed E-state index contributed by atoms with van der Waals surface area (Å²) in [5.41, 5.74) is 2.30. The fraction of sp³-hybridized carbons (Fsp3) is 0.600. The van der Waals surface area contributed by atoms with Gasteiger partial charge in [-0.3, -0.25) is 4.79 Å². The van der Waals surface area contributed by atoms with Crippen LogP contribution in [0.15, 0.2) is 22.1 Å². The lowest BCUT2D eigenvalue weighted by Crippen LogP contribution is -2.40. The van der Waals surface area contributed by atoms with E-state index in [9.17, 15) is 10.0 Å². The van der Waals surface area contributed by atoms with Gasteiger partial charge in [-0.15, -0.1) is 11.8 Å². The molecule has 134 valence electrons. The fourth-order valence-electron chi connectivity index (χ4n) is 3.90. The Balaban J connectivity index is 1.72. The van der Waals surface area contributed by atoms with Crippen LogP contribution in [0.4, 0.5) is 0 Å². The van der Waals surface area contributed by atoms with Gasteiger partial charge >= 0.3 is 0 Å². The zero-order valence-corrected chi connectivity index (χ0v) is 15.0. The molecule has 1 unspecified atom stereocenters. The zero-order valence-electron chi connectivity index (χ0n) is 15.0. The number of oxime groups is 1. The maximum atomic E-state index is 12.6. The van der Waals surface area contributed by atoms with E-state index in [4.69, 9.17) is 4.74 Å². The second-order valence-corrected chi connectivity index (χ2v) is 6.99. The zero-order chi connectivity index (χ0) is 17.8. The number of rotatable bonds is 3. The number of pyridine rings is 1. The van der Waals surface area contributed by atoms with E-state index in [-0.39, 0.29) is 17.7 Å². The average Bonchev–Trinajstić information content (AvgIpc) is 2.64. The van der Waals surface area contributed by atoms with E-state index in [1.54, 1.807) is 4.57 Å². The van der Waals surface area contributed by atoms with Crippen molar-refractivity contribution in [2.45, 2.75) is 64.5 Å². The number of nitrogens with zero attached hydrogens (tertiary/aromatic N) is 2. The molecule has 1 aliphatic carbocycles. The molecule has 1 atom stereocenters. The molecule has 25 heavy (non-hydrogen) atoms. The molecule has 1 aliphatic heterocycles. The minimum atomic E-state index is -0.311. The lowest BCUT2D eigenvalue weighted by Gasteiger charge is -2.32. The molecular weight excluding hydrogens is 316 g/mol. The van der Waals surface area contributed by atoms with E-state index in [0.717, 1.165) is 31.4 Å². The lowest BCUT2D eigenvalue weighted by molar-refractivity contribution is 0.0129. The van der Waals surface area contributed by atoms with Crippen LogP contribution < -0.4 is 5.56 Å². The first kappa shape index (κ1) is 17.8. The summed E-state index contributed by atoms with van der Waals surface area (Å²) >= 11 is 0. The van der Waals surface area contributed by atoms with Crippen LogP contribution in [0, 0.1) is 24.7 Å². The number of aryl methyl sites for hydroxylation is 2. The predicted octanol–water partition coefficient (Wildman–Crippen LogP) is 3.07. The molecule has 0 bridgehead atoms. The first-order valence-electron chi connectivity index (χ1n) is 9.09. The molecule has 1 N–H and O–H groups in total. The third-order valence-electron chi connectivity index (χ3n) is 5.37. The third kappa shape index (κ3) is 3.80. The number of hydrogen-bond acceptors (Lipinski definition) is 4.